The first kappa shape index (κ1) is 24.0. The number of piperidine rings is 1. The zero-order valence-electron chi connectivity index (χ0n) is 20.2. The first-order valence-electron chi connectivity index (χ1n) is 11.9. The standard InChI is InChI=1S/C29H32ClN3O/c1-21(15-18-34)31-22(2)32(3)26-11-12-29(28(30)20-26)33-16-13-23(14-17-33)19-25-9-6-8-24-7-4-5-10-27(24)25/h4-12,15,18,20,23H,13-14,16-17,19H2,1-3H3/b21-15-,31-22?. The zero-order chi connectivity index (χ0) is 24.1. The molecular formula is C29H32ClN3O. The van der Waals surface area contributed by atoms with E-state index >= 15 is 0 Å². The van der Waals surface area contributed by atoms with Crippen molar-refractivity contribution in [2.75, 3.05) is 29.9 Å². The van der Waals surface area contributed by atoms with Gasteiger partial charge in [-0.05, 0) is 79.6 Å². The van der Waals surface area contributed by atoms with Crippen LogP contribution >= 0.6 is 11.6 Å². The maximum atomic E-state index is 10.7. The van der Waals surface area contributed by atoms with Gasteiger partial charge in [-0.1, -0.05) is 54.1 Å². The third-order valence-electron chi connectivity index (χ3n) is 6.80. The van der Waals surface area contributed by atoms with E-state index < -0.39 is 0 Å². The van der Waals surface area contributed by atoms with Gasteiger partial charge in [0.05, 0.1) is 10.7 Å². The summed E-state index contributed by atoms with van der Waals surface area (Å²) in [5.41, 5.74) is 4.19. The molecule has 1 heterocycles. The van der Waals surface area contributed by atoms with Crippen molar-refractivity contribution in [2.24, 2.45) is 10.9 Å². The molecule has 0 bridgehead atoms. The van der Waals surface area contributed by atoms with E-state index in [9.17, 15) is 4.79 Å². The number of carbonyl (C=O) groups excluding carboxylic acids is 1. The number of aldehydes is 1. The molecule has 0 atom stereocenters. The molecule has 1 aliphatic rings. The maximum Gasteiger partial charge on any atom is 0.144 e. The summed E-state index contributed by atoms with van der Waals surface area (Å²) in [5.74, 6) is 1.49. The van der Waals surface area contributed by atoms with Gasteiger partial charge in [-0.3, -0.25) is 4.79 Å². The van der Waals surface area contributed by atoms with E-state index in [1.807, 2.05) is 31.9 Å². The second kappa shape index (κ2) is 10.9. The molecule has 1 saturated heterocycles. The summed E-state index contributed by atoms with van der Waals surface area (Å²) in [5, 5.41) is 3.46. The molecule has 0 saturated carbocycles. The smallest absolute Gasteiger partial charge is 0.144 e. The minimum atomic E-state index is 0.674. The van der Waals surface area contributed by atoms with Gasteiger partial charge in [0.15, 0.2) is 0 Å². The summed E-state index contributed by atoms with van der Waals surface area (Å²) < 4.78 is 0. The summed E-state index contributed by atoms with van der Waals surface area (Å²) in [6.45, 7) is 5.76. The van der Waals surface area contributed by atoms with Crippen LogP contribution in [-0.4, -0.2) is 32.3 Å². The second-order valence-electron chi connectivity index (χ2n) is 9.07. The van der Waals surface area contributed by atoms with Crippen LogP contribution in [0.25, 0.3) is 10.8 Å². The molecule has 0 radical (unpaired) electrons. The van der Waals surface area contributed by atoms with E-state index in [4.69, 9.17) is 11.6 Å². The van der Waals surface area contributed by atoms with E-state index in [0.29, 0.717) is 11.6 Å². The Hall–Kier alpha value is -3.11. The Balaban J connectivity index is 1.40. The zero-order valence-corrected chi connectivity index (χ0v) is 20.9. The third-order valence-corrected chi connectivity index (χ3v) is 7.10. The quantitative estimate of drug-likeness (QED) is 0.169. The van der Waals surface area contributed by atoms with Crippen LogP contribution in [0, 0.1) is 5.92 Å². The van der Waals surface area contributed by atoms with E-state index in [2.05, 4.69) is 64.5 Å². The lowest BCUT2D eigenvalue weighted by atomic mass is 9.88. The first-order valence-corrected chi connectivity index (χ1v) is 12.3. The van der Waals surface area contributed by atoms with Crippen molar-refractivity contribution < 1.29 is 4.79 Å². The van der Waals surface area contributed by atoms with E-state index in [1.165, 1.54) is 22.4 Å². The Labute approximate surface area is 207 Å². The molecule has 176 valence electrons. The van der Waals surface area contributed by atoms with Crippen molar-refractivity contribution in [1.82, 2.24) is 0 Å². The minimum absolute atomic E-state index is 0.674. The summed E-state index contributed by atoms with van der Waals surface area (Å²) in [4.78, 5) is 19.5. The van der Waals surface area contributed by atoms with Crippen LogP contribution in [0.3, 0.4) is 0 Å². The predicted molar refractivity (Wildman–Crippen MR) is 145 cm³/mol. The third kappa shape index (κ3) is 5.51. The highest BCUT2D eigenvalue weighted by atomic mass is 35.5. The molecule has 34 heavy (non-hydrogen) atoms. The van der Waals surface area contributed by atoms with Crippen LogP contribution in [0.5, 0.6) is 0 Å². The number of aliphatic imine (C=N–C) groups is 1. The Kier molecular flexibility index (Phi) is 7.69. The number of allylic oxidation sites excluding steroid dienone is 2. The number of nitrogens with zero attached hydrogens (tertiary/aromatic N) is 3. The summed E-state index contributed by atoms with van der Waals surface area (Å²) in [7, 11) is 1.96. The number of benzene rings is 3. The van der Waals surface area contributed by atoms with E-state index in [1.54, 1.807) is 0 Å². The normalized spacial score (nSPS) is 15.6. The van der Waals surface area contributed by atoms with Crippen LogP contribution in [0.15, 0.2) is 77.4 Å². The lowest BCUT2D eigenvalue weighted by molar-refractivity contribution is -0.104. The second-order valence-corrected chi connectivity index (χ2v) is 9.48. The summed E-state index contributed by atoms with van der Waals surface area (Å²) in [6.07, 6.45) is 5.66. The molecule has 0 amide bonds. The SMILES string of the molecule is CC(=N/C(C)=C\C=O)N(C)c1ccc(N2CCC(Cc3cccc4ccccc34)CC2)c(Cl)c1. The Morgan fingerprint density at radius 3 is 2.56 bits per heavy atom. The van der Waals surface area contributed by atoms with Crippen molar-refractivity contribution in [2.45, 2.75) is 33.1 Å². The van der Waals surface area contributed by atoms with Crippen molar-refractivity contribution in [3.8, 4) is 0 Å². The summed E-state index contributed by atoms with van der Waals surface area (Å²) >= 11 is 6.73. The average Bonchev–Trinajstić information content (AvgIpc) is 2.84. The largest absolute Gasteiger partial charge is 0.370 e. The minimum Gasteiger partial charge on any atom is -0.370 e. The average molecular weight is 474 g/mol. The number of rotatable bonds is 6. The number of hydrogen-bond donors (Lipinski definition) is 0. The molecule has 1 fully saturated rings. The highest BCUT2D eigenvalue weighted by Crippen LogP contribution is 2.34. The Morgan fingerprint density at radius 2 is 1.82 bits per heavy atom. The van der Waals surface area contributed by atoms with Gasteiger partial charge in [-0.15, -0.1) is 0 Å². The number of halogens is 1. The van der Waals surface area contributed by atoms with Gasteiger partial charge >= 0.3 is 0 Å². The maximum absolute atomic E-state index is 10.7. The Bertz CT molecular complexity index is 1220. The molecule has 3 aromatic rings. The van der Waals surface area contributed by atoms with Crippen molar-refractivity contribution in [3.05, 3.63) is 83.0 Å². The van der Waals surface area contributed by atoms with Gasteiger partial charge in [0.25, 0.3) is 0 Å². The first-order chi connectivity index (χ1) is 16.5. The van der Waals surface area contributed by atoms with Gasteiger partial charge in [0.1, 0.15) is 12.1 Å². The van der Waals surface area contributed by atoms with E-state index in [0.717, 1.165) is 60.9 Å². The van der Waals surface area contributed by atoms with Gasteiger partial charge in [0.2, 0.25) is 0 Å². The molecule has 3 aromatic carbocycles. The van der Waals surface area contributed by atoms with Crippen LogP contribution in [0.4, 0.5) is 11.4 Å². The highest BCUT2D eigenvalue weighted by molar-refractivity contribution is 6.33. The number of fused-ring (bicyclic) bond motifs is 1. The van der Waals surface area contributed by atoms with Crippen LogP contribution in [0.2, 0.25) is 5.02 Å². The molecule has 4 rings (SSSR count). The molecule has 0 N–H and O–H groups in total. The highest BCUT2D eigenvalue weighted by Gasteiger charge is 2.22. The monoisotopic (exact) mass is 473 g/mol. The van der Waals surface area contributed by atoms with E-state index in [-0.39, 0.29) is 0 Å². The Morgan fingerprint density at radius 1 is 1.09 bits per heavy atom. The molecular weight excluding hydrogens is 442 g/mol. The van der Waals surface area contributed by atoms with Gasteiger partial charge < -0.3 is 9.80 Å². The van der Waals surface area contributed by atoms with Crippen LogP contribution in [-0.2, 0) is 11.2 Å². The number of hydrogen-bond acceptors (Lipinski definition) is 3. The van der Waals surface area contributed by atoms with Gasteiger partial charge in [-0.2, -0.15) is 0 Å². The van der Waals surface area contributed by atoms with Gasteiger partial charge in [-0.25, -0.2) is 4.99 Å². The molecule has 0 aliphatic carbocycles. The molecule has 0 spiro atoms. The summed E-state index contributed by atoms with van der Waals surface area (Å²) in [6, 6.07) is 21.5. The number of carbonyl (C=O) groups is 1. The van der Waals surface area contributed by atoms with Crippen molar-refractivity contribution >= 4 is 45.9 Å². The molecule has 0 aromatic heterocycles. The fraction of sp³-hybridized carbons (Fsp3) is 0.310. The molecule has 4 nitrogen and oxygen atoms in total. The van der Waals surface area contributed by atoms with Crippen molar-refractivity contribution in [1.29, 1.82) is 0 Å². The molecule has 1 aliphatic heterocycles. The van der Waals surface area contributed by atoms with Gasteiger partial charge in [0, 0.05) is 31.5 Å². The lowest BCUT2D eigenvalue weighted by Crippen LogP contribution is -2.34. The fourth-order valence-electron chi connectivity index (χ4n) is 4.77. The van der Waals surface area contributed by atoms with Crippen molar-refractivity contribution in [3.63, 3.8) is 0 Å². The topological polar surface area (TPSA) is 35.9 Å². The van der Waals surface area contributed by atoms with Crippen LogP contribution in [0.1, 0.15) is 32.3 Å². The number of amidine groups is 1. The molecule has 5 heteroatoms. The lowest BCUT2D eigenvalue weighted by Gasteiger charge is -2.34. The fourth-order valence-corrected chi connectivity index (χ4v) is 5.07. The van der Waals surface area contributed by atoms with Crippen LogP contribution < -0.4 is 9.80 Å². The number of anilines is 2. The predicted octanol–water partition coefficient (Wildman–Crippen LogP) is 6.91. The molecule has 0 unspecified atom stereocenters.